The number of pyridine rings is 1. The molecule has 0 aliphatic heterocycles. The highest BCUT2D eigenvalue weighted by Crippen LogP contribution is 2.16. The molecule has 0 bridgehead atoms. The van der Waals surface area contributed by atoms with Crippen LogP contribution in [0.1, 0.15) is 0 Å². The second kappa shape index (κ2) is 4.28. The van der Waals surface area contributed by atoms with Crippen molar-refractivity contribution in [1.29, 1.82) is 0 Å². The first-order chi connectivity index (χ1) is 7.65. The van der Waals surface area contributed by atoms with Crippen molar-refractivity contribution in [2.75, 3.05) is 0 Å². The predicted molar refractivity (Wildman–Crippen MR) is 55.9 cm³/mol. The third-order valence-corrected chi connectivity index (χ3v) is 2.08. The van der Waals surface area contributed by atoms with Crippen LogP contribution in [0, 0.1) is 0 Å². The highest BCUT2D eigenvalue weighted by molar-refractivity contribution is 6.29. The number of nitrogens with zero attached hydrogens (tertiary/aromatic N) is 4. The van der Waals surface area contributed by atoms with E-state index in [1.54, 1.807) is 24.5 Å². The van der Waals surface area contributed by atoms with E-state index < -0.39 is 5.97 Å². The molecule has 2 rings (SSSR count). The van der Waals surface area contributed by atoms with Crippen LogP contribution in [-0.4, -0.2) is 31.1 Å². The Morgan fingerprint density at radius 2 is 2.31 bits per heavy atom. The molecule has 7 heteroatoms. The van der Waals surface area contributed by atoms with Gasteiger partial charge in [-0.3, -0.25) is 4.79 Å². The minimum atomic E-state index is -0.967. The molecule has 0 unspecified atom stereocenters. The Kier molecular flexibility index (Phi) is 2.82. The first-order valence-electron chi connectivity index (χ1n) is 4.39. The molecule has 0 spiro atoms. The largest absolute Gasteiger partial charge is 0.480 e. The molecular formula is C9H7ClN4O2. The molecule has 2 heterocycles. The summed E-state index contributed by atoms with van der Waals surface area (Å²) in [7, 11) is 0. The number of carboxylic acids is 1. The maximum Gasteiger partial charge on any atom is 0.325 e. The van der Waals surface area contributed by atoms with Gasteiger partial charge < -0.3 is 5.11 Å². The van der Waals surface area contributed by atoms with Crippen LogP contribution >= 0.6 is 11.6 Å². The number of hydrogen-bond acceptors (Lipinski definition) is 4. The Morgan fingerprint density at radius 1 is 1.50 bits per heavy atom. The SMILES string of the molecule is O=C(O)Cn1cc(-c2ccc(Cl)nc2)nn1. The van der Waals surface area contributed by atoms with Crippen molar-refractivity contribution in [1.82, 2.24) is 20.0 Å². The van der Waals surface area contributed by atoms with Gasteiger partial charge in [0.1, 0.15) is 17.4 Å². The molecule has 0 fully saturated rings. The predicted octanol–water partition coefficient (Wildman–Crippen LogP) is 1.08. The Bertz CT molecular complexity index is 508. The van der Waals surface area contributed by atoms with Gasteiger partial charge in [0.25, 0.3) is 0 Å². The molecule has 1 N–H and O–H groups in total. The highest BCUT2D eigenvalue weighted by Gasteiger charge is 2.06. The molecular weight excluding hydrogens is 232 g/mol. The molecule has 2 aromatic heterocycles. The minimum absolute atomic E-state index is 0.214. The fourth-order valence-electron chi connectivity index (χ4n) is 1.17. The van der Waals surface area contributed by atoms with Crippen LogP contribution in [0.15, 0.2) is 24.5 Å². The fourth-order valence-corrected chi connectivity index (χ4v) is 1.29. The van der Waals surface area contributed by atoms with Gasteiger partial charge in [-0.25, -0.2) is 9.67 Å². The van der Waals surface area contributed by atoms with E-state index in [4.69, 9.17) is 16.7 Å². The van der Waals surface area contributed by atoms with Gasteiger partial charge in [0.2, 0.25) is 0 Å². The van der Waals surface area contributed by atoms with Crippen molar-refractivity contribution < 1.29 is 9.90 Å². The summed E-state index contributed by atoms with van der Waals surface area (Å²) in [5, 5.41) is 16.5. The lowest BCUT2D eigenvalue weighted by atomic mass is 10.2. The number of halogens is 1. The lowest BCUT2D eigenvalue weighted by molar-refractivity contribution is -0.137. The van der Waals surface area contributed by atoms with Crippen LogP contribution in [-0.2, 0) is 11.3 Å². The lowest BCUT2D eigenvalue weighted by Crippen LogP contribution is -2.08. The maximum atomic E-state index is 10.4. The van der Waals surface area contributed by atoms with Gasteiger partial charge in [0.15, 0.2) is 0 Å². The topological polar surface area (TPSA) is 80.9 Å². The standard InChI is InChI=1S/C9H7ClN4O2/c10-8-2-1-6(3-11-8)7-4-14(13-12-7)5-9(15)16/h1-4H,5H2,(H,15,16). The van der Waals surface area contributed by atoms with Crippen LogP contribution < -0.4 is 0 Å². The third-order valence-electron chi connectivity index (χ3n) is 1.86. The van der Waals surface area contributed by atoms with E-state index in [-0.39, 0.29) is 6.54 Å². The van der Waals surface area contributed by atoms with Gasteiger partial charge in [0, 0.05) is 11.8 Å². The summed E-state index contributed by atoms with van der Waals surface area (Å²) in [4.78, 5) is 14.3. The lowest BCUT2D eigenvalue weighted by Gasteiger charge is -1.94. The average molecular weight is 239 g/mol. The number of carbonyl (C=O) groups is 1. The summed E-state index contributed by atoms with van der Waals surface area (Å²) < 4.78 is 1.24. The smallest absolute Gasteiger partial charge is 0.325 e. The van der Waals surface area contributed by atoms with Gasteiger partial charge in [-0.05, 0) is 12.1 Å². The van der Waals surface area contributed by atoms with Gasteiger partial charge >= 0.3 is 5.97 Å². The van der Waals surface area contributed by atoms with Crippen molar-refractivity contribution in [2.24, 2.45) is 0 Å². The van der Waals surface area contributed by atoms with E-state index in [9.17, 15) is 4.79 Å². The molecule has 0 amide bonds. The summed E-state index contributed by atoms with van der Waals surface area (Å²) in [6, 6.07) is 3.37. The third kappa shape index (κ3) is 2.34. The molecule has 82 valence electrons. The Hall–Kier alpha value is -1.95. The molecule has 0 radical (unpaired) electrons. The van der Waals surface area contributed by atoms with Gasteiger partial charge in [-0.2, -0.15) is 0 Å². The summed E-state index contributed by atoms with van der Waals surface area (Å²) in [5.41, 5.74) is 1.30. The van der Waals surface area contributed by atoms with Crippen LogP contribution in [0.25, 0.3) is 11.3 Å². The zero-order valence-corrected chi connectivity index (χ0v) is 8.79. The van der Waals surface area contributed by atoms with Crippen LogP contribution in [0.3, 0.4) is 0 Å². The monoisotopic (exact) mass is 238 g/mol. The Balaban J connectivity index is 2.24. The van der Waals surface area contributed by atoms with E-state index >= 15 is 0 Å². The maximum absolute atomic E-state index is 10.4. The molecule has 0 saturated carbocycles. The summed E-state index contributed by atoms with van der Waals surface area (Å²) in [6.45, 7) is -0.214. The molecule has 16 heavy (non-hydrogen) atoms. The van der Waals surface area contributed by atoms with Gasteiger partial charge in [-0.1, -0.05) is 16.8 Å². The van der Waals surface area contributed by atoms with Crippen molar-refractivity contribution in [2.45, 2.75) is 6.54 Å². The summed E-state index contributed by atoms with van der Waals surface area (Å²) in [5.74, 6) is -0.967. The van der Waals surface area contributed by atoms with Crippen LogP contribution in [0.4, 0.5) is 0 Å². The number of carboxylic acid groups (broad SMARTS) is 1. The number of aliphatic carboxylic acids is 1. The van der Waals surface area contributed by atoms with Crippen molar-refractivity contribution in [3.8, 4) is 11.3 Å². The number of aromatic nitrogens is 4. The van der Waals surface area contributed by atoms with Crippen molar-refractivity contribution in [3.05, 3.63) is 29.7 Å². The van der Waals surface area contributed by atoms with Crippen LogP contribution in [0.5, 0.6) is 0 Å². The van der Waals surface area contributed by atoms with Gasteiger partial charge in [0.05, 0.1) is 6.20 Å². The van der Waals surface area contributed by atoms with E-state index in [0.29, 0.717) is 10.8 Å². The average Bonchev–Trinajstić information content (AvgIpc) is 2.66. The van der Waals surface area contributed by atoms with E-state index in [1.165, 1.54) is 4.68 Å². The number of hydrogen-bond donors (Lipinski definition) is 1. The zero-order valence-electron chi connectivity index (χ0n) is 8.04. The van der Waals surface area contributed by atoms with Crippen LogP contribution in [0.2, 0.25) is 5.15 Å². The van der Waals surface area contributed by atoms with E-state index in [1.807, 2.05) is 0 Å². The Morgan fingerprint density at radius 3 is 2.94 bits per heavy atom. The molecule has 0 aliphatic rings. The molecule has 0 aliphatic carbocycles. The molecule has 6 nitrogen and oxygen atoms in total. The first kappa shape index (κ1) is 10.6. The molecule has 0 aromatic carbocycles. The number of rotatable bonds is 3. The normalized spacial score (nSPS) is 10.3. The first-order valence-corrected chi connectivity index (χ1v) is 4.77. The summed E-state index contributed by atoms with van der Waals surface area (Å²) in [6.07, 6.45) is 3.09. The second-order valence-corrected chi connectivity index (χ2v) is 3.45. The van der Waals surface area contributed by atoms with E-state index in [0.717, 1.165) is 5.56 Å². The molecule has 0 atom stereocenters. The highest BCUT2D eigenvalue weighted by atomic mass is 35.5. The minimum Gasteiger partial charge on any atom is -0.480 e. The fraction of sp³-hybridized carbons (Fsp3) is 0.111. The molecule has 2 aromatic rings. The van der Waals surface area contributed by atoms with Gasteiger partial charge in [-0.15, -0.1) is 5.10 Å². The zero-order chi connectivity index (χ0) is 11.5. The van der Waals surface area contributed by atoms with E-state index in [2.05, 4.69) is 15.3 Å². The molecule has 0 saturated heterocycles. The Labute approximate surface area is 95.5 Å². The van der Waals surface area contributed by atoms with Crippen molar-refractivity contribution in [3.63, 3.8) is 0 Å². The second-order valence-electron chi connectivity index (χ2n) is 3.06. The quantitative estimate of drug-likeness (QED) is 0.810. The van der Waals surface area contributed by atoms with Crippen molar-refractivity contribution >= 4 is 17.6 Å². The summed E-state index contributed by atoms with van der Waals surface area (Å²) >= 11 is 5.64.